The standard InChI is InChI=1S/C20H27ClN2O3.ClH/c1-26-14-20(8-10-22-11-9-20)19(25)23-12-6-16(7-13-23)18(24)15-2-4-17(21)5-3-15;/h2-5,16,22H,6-14H2,1H3;1H. The normalized spacial score (nSPS) is 20.0. The fourth-order valence-corrected chi connectivity index (χ4v) is 4.26. The van der Waals surface area contributed by atoms with Crippen LogP contribution in [0.15, 0.2) is 24.3 Å². The number of hydrogen-bond donors (Lipinski definition) is 1. The minimum Gasteiger partial charge on any atom is -0.384 e. The molecular weight excluding hydrogens is 387 g/mol. The Hall–Kier alpha value is -1.14. The molecule has 0 aliphatic carbocycles. The minimum atomic E-state index is -0.410. The van der Waals surface area contributed by atoms with E-state index in [1.165, 1.54) is 0 Å². The SMILES string of the molecule is COCC1(C(=O)N2CCC(C(=O)c3ccc(Cl)cc3)CC2)CCNCC1.Cl. The van der Waals surface area contributed by atoms with E-state index in [9.17, 15) is 9.59 Å². The highest BCUT2D eigenvalue weighted by molar-refractivity contribution is 6.30. The smallest absolute Gasteiger partial charge is 0.231 e. The molecule has 0 aromatic heterocycles. The topological polar surface area (TPSA) is 58.6 Å². The van der Waals surface area contributed by atoms with Crippen molar-refractivity contribution in [3.8, 4) is 0 Å². The number of likely N-dealkylation sites (tertiary alicyclic amines) is 1. The van der Waals surface area contributed by atoms with Gasteiger partial charge >= 0.3 is 0 Å². The summed E-state index contributed by atoms with van der Waals surface area (Å²) in [6, 6.07) is 7.06. The van der Waals surface area contributed by atoms with Crippen LogP contribution in [-0.2, 0) is 9.53 Å². The van der Waals surface area contributed by atoms with Gasteiger partial charge in [-0.3, -0.25) is 9.59 Å². The molecule has 2 heterocycles. The molecule has 7 heteroatoms. The van der Waals surface area contributed by atoms with E-state index in [4.69, 9.17) is 16.3 Å². The van der Waals surface area contributed by atoms with Gasteiger partial charge in [0.1, 0.15) is 0 Å². The Morgan fingerprint density at radius 2 is 1.78 bits per heavy atom. The first-order chi connectivity index (χ1) is 12.6. The van der Waals surface area contributed by atoms with Crippen molar-refractivity contribution in [1.29, 1.82) is 0 Å². The molecule has 2 aliphatic rings. The van der Waals surface area contributed by atoms with Crippen molar-refractivity contribution in [3.63, 3.8) is 0 Å². The number of carbonyl (C=O) groups excluding carboxylic acids is 2. The summed E-state index contributed by atoms with van der Waals surface area (Å²) in [5, 5.41) is 3.95. The summed E-state index contributed by atoms with van der Waals surface area (Å²) in [4.78, 5) is 27.8. The number of piperidine rings is 2. The highest BCUT2D eigenvalue weighted by Crippen LogP contribution is 2.33. The molecule has 150 valence electrons. The quantitative estimate of drug-likeness (QED) is 0.751. The van der Waals surface area contributed by atoms with Crippen molar-refractivity contribution in [2.75, 3.05) is 39.9 Å². The van der Waals surface area contributed by atoms with Gasteiger partial charge in [0.05, 0.1) is 12.0 Å². The number of amides is 1. The van der Waals surface area contributed by atoms with Crippen LogP contribution in [0.25, 0.3) is 0 Å². The molecule has 0 bridgehead atoms. The van der Waals surface area contributed by atoms with Crippen LogP contribution in [0.2, 0.25) is 5.02 Å². The summed E-state index contributed by atoms with van der Waals surface area (Å²) >= 11 is 5.90. The van der Waals surface area contributed by atoms with Gasteiger partial charge in [-0.05, 0) is 63.0 Å². The lowest BCUT2D eigenvalue weighted by Gasteiger charge is -2.41. The zero-order valence-electron chi connectivity index (χ0n) is 15.7. The molecule has 2 aliphatic heterocycles. The number of halogens is 2. The van der Waals surface area contributed by atoms with Crippen LogP contribution >= 0.6 is 24.0 Å². The van der Waals surface area contributed by atoms with E-state index < -0.39 is 5.41 Å². The molecule has 2 fully saturated rings. The molecule has 1 N–H and O–H groups in total. The van der Waals surface area contributed by atoms with Crippen molar-refractivity contribution in [3.05, 3.63) is 34.9 Å². The van der Waals surface area contributed by atoms with Gasteiger partial charge in [0, 0.05) is 36.7 Å². The van der Waals surface area contributed by atoms with Crippen LogP contribution in [0, 0.1) is 11.3 Å². The second-order valence-electron chi connectivity index (χ2n) is 7.40. The molecule has 0 saturated carbocycles. The summed E-state index contributed by atoms with van der Waals surface area (Å²) in [7, 11) is 1.66. The molecule has 1 aromatic carbocycles. The number of nitrogens with zero attached hydrogens (tertiary/aromatic N) is 1. The van der Waals surface area contributed by atoms with Crippen molar-refractivity contribution < 1.29 is 14.3 Å². The average Bonchev–Trinajstić information content (AvgIpc) is 2.68. The Labute approximate surface area is 172 Å². The molecular formula is C20H28Cl2N2O3. The number of nitrogens with one attached hydrogen (secondary N) is 1. The van der Waals surface area contributed by atoms with E-state index >= 15 is 0 Å². The van der Waals surface area contributed by atoms with E-state index in [1.54, 1.807) is 31.4 Å². The summed E-state index contributed by atoms with van der Waals surface area (Å²) in [5.41, 5.74) is 0.293. The second kappa shape index (κ2) is 9.87. The highest BCUT2D eigenvalue weighted by Gasteiger charge is 2.43. The molecule has 0 unspecified atom stereocenters. The lowest BCUT2D eigenvalue weighted by atomic mass is 9.77. The summed E-state index contributed by atoms with van der Waals surface area (Å²) in [5.74, 6) is 0.326. The van der Waals surface area contributed by atoms with Crippen molar-refractivity contribution in [2.24, 2.45) is 11.3 Å². The molecule has 1 aromatic rings. The minimum absolute atomic E-state index is 0. The Kier molecular flexibility index (Phi) is 8.10. The highest BCUT2D eigenvalue weighted by atomic mass is 35.5. The third-order valence-corrected chi connectivity index (χ3v) is 5.97. The van der Waals surface area contributed by atoms with E-state index in [-0.39, 0.29) is 30.0 Å². The lowest BCUT2D eigenvalue weighted by Crippen LogP contribution is -2.53. The summed E-state index contributed by atoms with van der Waals surface area (Å²) < 4.78 is 5.38. The Morgan fingerprint density at radius 3 is 2.33 bits per heavy atom. The van der Waals surface area contributed by atoms with E-state index in [0.29, 0.717) is 43.1 Å². The van der Waals surface area contributed by atoms with Gasteiger partial charge in [0.15, 0.2) is 5.78 Å². The molecule has 2 saturated heterocycles. The number of ketones is 1. The van der Waals surface area contributed by atoms with E-state index in [2.05, 4.69) is 5.32 Å². The molecule has 0 radical (unpaired) electrons. The number of carbonyl (C=O) groups is 2. The van der Waals surface area contributed by atoms with Gasteiger partial charge in [0.2, 0.25) is 5.91 Å². The van der Waals surface area contributed by atoms with E-state index in [1.807, 2.05) is 4.90 Å². The Bertz CT molecular complexity index is 632. The van der Waals surface area contributed by atoms with E-state index in [0.717, 1.165) is 25.9 Å². The maximum absolute atomic E-state index is 13.2. The number of hydrogen-bond acceptors (Lipinski definition) is 4. The van der Waals surface area contributed by atoms with Crippen LogP contribution in [0.5, 0.6) is 0 Å². The number of benzene rings is 1. The lowest BCUT2D eigenvalue weighted by molar-refractivity contribution is -0.148. The van der Waals surface area contributed by atoms with Gasteiger partial charge in [0.25, 0.3) is 0 Å². The number of ether oxygens (including phenoxy) is 1. The largest absolute Gasteiger partial charge is 0.384 e. The maximum Gasteiger partial charge on any atom is 0.231 e. The third-order valence-electron chi connectivity index (χ3n) is 5.72. The third kappa shape index (κ3) is 5.02. The maximum atomic E-state index is 13.2. The predicted molar refractivity (Wildman–Crippen MR) is 109 cm³/mol. The van der Waals surface area contributed by atoms with Crippen molar-refractivity contribution >= 4 is 35.7 Å². The molecule has 1 amide bonds. The zero-order valence-corrected chi connectivity index (χ0v) is 17.3. The van der Waals surface area contributed by atoms with Crippen molar-refractivity contribution in [2.45, 2.75) is 25.7 Å². The van der Waals surface area contributed by atoms with Gasteiger partial charge < -0.3 is 15.0 Å². The van der Waals surface area contributed by atoms with Crippen LogP contribution in [-0.4, -0.2) is 56.5 Å². The van der Waals surface area contributed by atoms with Crippen molar-refractivity contribution in [1.82, 2.24) is 10.2 Å². The molecule has 5 nitrogen and oxygen atoms in total. The number of Topliss-reactive ketones (excluding diaryl/α,β-unsaturated/α-hetero) is 1. The van der Waals surface area contributed by atoms with Crippen LogP contribution in [0.1, 0.15) is 36.0 Å². The van der Waals surface area contributed by atoms with Crippen LogP contribution in [0.4, 0.5) is 0 Å². The molecule has 0 atom stereocenters. The first-order valence-electron chi connectivity index (χ1n) is 9.34. The Morgan fingerprint density at radius 1 is 1.19 bits per heavy atom. The first-order valence-corrected chi connectivity index (χ1v) is 9.72. The fraction of sp³-hybridized carbons (Fsp3) is 0.600. The zero-order chi connectivity index (χ0) is 18.6. The molecule has 3 rings (SSSR count). The average molecular weight is 415 g/mol. The summed E-state index contributed by atoms with van der Waals surface area (Å²) in [6.07, 6.45) is 3.05. The predicted octanol–water partition coefficient (Wildman–Crippen LogP) is 3.20. The monoisotopic (exact) mass is 414 g/mol. The van der Waals surface area contributed by atoms with Gasteiger partial charge in [-0.2, -0.15) is 0 Å². The number of methoxy groups -OCH3 is 1. The van der Waals surface area contributed by atoms with Crippen LogP contribution < -0.4 is 5.32 Å². The molecule has 0 spiro atoms. The van der Waals surface area contributed by atoms with Gasteiger partial charge in [-0.25, -0.2) is 0 Å². The summed E-state index contributed by atoms with van der Waals surface area (Å²) in [6.45, 7) is 3.45. The Balaban J connectivity index is 0.00000261. The first kappa shape index (κ1) is 22.2. The van der Waals surface area contributed by atoms with Gasteiger partial charge in [-0.15, -0.1) is 12.4 Å². The molecule has 27 heavy (non-hydrogen) atoms. The fourth-order valence-electron chi connectivity index (χ4n) is 4.13. The number of rotatable bonds is 5. The van der Waals surface area contributed by atoms with Crippen LogP contribution in [0.3, 0.4) is 0 Å². The van der Waals surface area contributed by atoms with Gasteiger partial charge in [-0.1, -0.05) is 11.6 Å². The second-order valence-corrected chi connectivity index (χ2v) is 7.84.